The topological polar surface area (TPSA) is 106 Å². The highest BCUT2D eigenvalue weighted by molar-refractivity contribution is 7.97. The molecule has 0 unspecified atom stereocenters. The number of nitrogens with two attached hydrogens (primary N) is 1. The van der Waals surface area contributed by atoms with Gasteiger partial charge in [0.2, 0.25) is 5.88 Å². The van der Waals surface area contributed by atoms with Gasteiger partial charge in [-0.1, -0.05) is 30.3 Å². The van der Waals surface area contributed by atoms with Gasteiger partial charge in [0.05, 0.1) is 18.2 Å². The van der Waals surface area contributed by atoms with Crippen LogP contribution in [0.4, 0.5) is 5.69 Å². The minimum absolute atomic E-state index is 0.000882. The third-order valence-electron chi connectivity index (χ3n) is 5.18. The van der Waals surface area contributed by atoms with Gasteiger partial charge in [-0.3, -0.25) is 4.31 Å². The summed E-state index contributed by atoms with van der Waals surface area (Å²) < 4.78 is 40.3. The Morgan fingerprint density at radius 2 is 1.87 bits per heavy atom. The second-order valence-electron chi connectivity index (χ2n) is 6.78. The number of ether oxygens (including phenoxy) is 2. The Hall–Kier alpha value is -3.44. The molecule has 2 aromatic rings. The number of anilines is 1. The number of sulfonamides is 1. The molecule has 1 atom stereocenters. The summed E-state index contributed by atoms with van der Waals surface area (Å²) in [4.78, 5) is 0.000882. The summed E-state index contributed by atoms with van der Waals surface area (Å²) in [6, 6.07) is 16.2. The van der Waals surface area contributed by atoms with Gasteiger partial charge in [-0.2, -0.15) is 5.26 Å². The van der Waals surface area contributed by atoms with E-state index in [-0.39, 0.29) is 28.7 Å². The first-order valence-electron chi connectivity index (χ1n) is 9.61. The molecule has 0 fully saturated rings. The highest BCUT2D eigenvalue weighted by atomic mass is 32.2. The van der Waals surface area contributed by atoms with Gasteiger partial charge in [0.15, 0.2) is 5.76 Å². The summed E-state index contributed by atoms with van der Waals surface area (Å²) >= 11 is 0. The maximum Gasteiger partial charge on any atom is 0.265 e. The zero-order valence-corrected chi connectivity index (χ0v) is 17.4. The van der Waals surface area contributed by atoms with Gasteiger partial charge in [-0.15, -0.1) is 0 Å². The van der Waals surface area contributed by atoms with Crippen LogP contribution in [0.1, 0.15) is 30.9 Å². The molecule has 2 aromatic carbocycles. The van der Waals surface area contributed by atoms with E-state index in [9.17, 15) is 13.7 Å². The number of rotatable bonds is 4. The van der Waals surface area contributed by atoms with Crippen molar-refractivity contribution in [2.45, 2.75) is 19.8 Å². The van der Waals surface area contributed by atoms with Crippen molar-refractivity contribution in [3.8, 4) is 11.8 Å². The molecule has 30 heavy (non-hydrogen) atoms. The molecule has 0 aromatic heterocycles. The molecule has 0 amide bonds. The summed E-state index contributed by atoms with van der Waals surface area (Å²) in [5, 5.41) is 9.85. The van der Waals surface area contributed by atoms with Crippen LogP contribution in [0.15, 0.2) is 64.9 Å². The Labute approximate surface area is 175 Å². The van der Waals surface area contributed by atoms with E-state index in [2.05, 4.69) is 6.07 Å². The number of nitrogens with zero attached hydrogens (tertiary/aromatic N) is 2. The summed E-state index contributed by atoms with van der Waals surface area (Å²) in [5.41, 5.74) is 7.84. The molecule has 0 saturated heterocycles. The van der Waals surface area contributed by atoms with Crippen molar-refractivity contribution in [3.63, 3.8) is 0 Å². The molecule has 0 bridgehead atoms. The highest BCUT2D eigenvalue weighted by Gasteiger charge is 2.47. The molecule has 2 aliphatic rings. The average molecular weight is 423 g/mol. The second-order valence-corrected chi connectivity index (χ2v) is 8.61. The SMILES string of the molecule is CCOc1ccccc1[C@@H]1C(C#N)=C(N)OC2=C1S(=O)(=O)N(CC)c1ccccc12. The maximum atomic E-state index is 13.7. The van der Waals surface area contributed by atoms with E-state index >= 15 is 0 Å². The smallest absolute Gasteiger partial charge is 0.265 e. The van der Waals surface area contributed by atoms with Gasteiger partial charge in [0.25, 0.3) is 10.0 Å². The van der Waals surface area contributed by atoms with Crippen LogP contribution in [-0.4, -0.2) is 21.6 Å². The van der Waals surface area contributed by atoms with Gasteiger partial charge in [0, 0.05) is 17.7 Å². The Morgan fingerprint density at radius 1 is 1.17 bits per heavy atom. The van der Waals surface area contributed by atoms with Crippen molar-refractivity contribution in [2.24, 2.45) is 5.73 Å². The molecule has 154 valence electrons. The van der Waals surface area contributed by atoms with Crippen molar-refractivity contribution < 1.29 is 17.9 Å². The second kappa shape index (κ2) is 7.43. The lowest BCUT2D eigenvalue weighted by molar-refractivity contribution is 0.333. The molecule has 4 rings (SSSR count). The fourth-order valence-electron chi connectivity index (χ4n) is 3.97. The lowest BCUT2D eigenvalue weighted by Crippen LogP contribution is -2.39. The van der Waals surface area contributed by atoms with E-state index in [1.165, 1.54) is 4.31 Å². The average Bonchev–Trinajstić information content (AvgIpc) is 2.73. The van der Waals surface area contributed by atoms with Crippen molar-refractivity contribution >= 4 is 21.5 Å². The lowest BCUT2D eigenvalue weighted by atomic mass is 9.87. The minimum Gasteiger partial charge on any atom is -0.494 e. The van der Waals surface area contributed by atoms with Gasteiger partial charge in [-0.05, 0) is 32.0 Å². The molecule has 2 heterocycles. The summed E-state index contributed by atoms with van der Waals surface area (Å²) in [6.07, 6.45) is 0. The van der Waals surface area contributed by atoms with E-state index in [0.29, 0.717) is 29.2 Å². The number of nitriles is 1. The first kappa shape index (κ1) is 19.9. The largest absolute Gasteiger partial charge is 0.494 e. The number of para-hydroxylation sites is 2. The molecule has 2 aliphatic heterocycles. The van der Waals surface area contributed by atoms with E-state index < -0.39 is 15.9 Å². The first-order chi connectivity index (χ1) is 14.5. The van der Waals surface area contributed by atoms with Gasteiger partial charge in [0.1, 0.15) is 22.3 Å². The Balaban J connectivity index is 2.08. The summed E-state index contributed by atoms with van der Waals surface area (Å²) in [6.45, 7) is 4.23. The van der Waals surface area contributed by atoms with Crippen molar-refractivity contribution in [1.82, 2.24) is 0 Å². The van der Waals surface area contributed by atoms with Crippen molar-refractivity contribution in [2.75, 3.05) is 17.5 Å². The summed E-state index contributed by atoms with van der Waals surface area (Å²) in [5.74, 6) is -0.393. The zero-order chi connectivity index (χ0) is 21.5. The van der Waals surface area contributed by atoms with Crippen LogP contribution in [0.2, 0.25) is 0 Å². The van der Waals surface area contributed by atoms with Gasteiger partial charge < -0.3 is 15.2 Å². The van der Waals surface area contributed by atoms with Crippen LogP contribution in [0.3, 0.4) is 0 Å². The Morgan fingerprint density at radius 3 is 2.57 bits per heavy atom. The van der Waals surface area contributed by atoms with E-state index in [4.69, 9.17) is 15.2 Å². The molecule has 0 spiro atoms. The molecule has 0 saturated carbocycles. The van der Waals surface area contributed by atoms with Gasteiger partial charge >= 0.3 is 0 Å². The third kappa shape index (κ3) is 2.82. The van der Waals surface area contributed by atoms with Crippen LogP contribution in [0.5, 0.6) is 5.75 Å². The number of benzene rings is 2. The monoisotopic (exact) mass is 423 g/mol. The number of fused-ring (bicyclic) bond motifs is 2. The summed E-state index contributed by atoms with van der Waals surface area (Å²) in [7, 11) is -3.99. The quantitative estimate of drug-likeness (QED) is 0.808. The Kier molecular flexibility index (Phi) is 4.92. The zero-order valence-electron chi connectivity index (χ0n) is 16.6. The van der Waals surface area contributed by atoms with E-state index in [1.807, 2.05) is 6.92 Å². The molecular weight excluding hydrogens is 402 g/mol. The normalized spacial score (nSPS) is 19.5. The molecule has 0 radical (unpaired) electrons. The molecule has 0 aliphatic carbocycles. The van der Waals surface area contributed by atoms with Gasteiger partial charge in [-0.25, -0.2) is 8.42 Å². The van der Waals surface area contributed by atoms with Crippen LogP contribution >= 0.6 is 0 Å². The first-order valence-corrected chi connectivity index (χ1v) is 11.0. The van der Waals surface area contributed by atoms with E-state index in [0.717, 1.165) is 0 Å². The third-order valence-corrected chi connectivity index (χ3v) is 7.19. The number of hydrogen-bond acceptors (Lipinski definition) is 6. The Bertz CT molecular complexity index is 1220. The highest BCUT2D eigenvalue weighted by Crippen LogP contribution is 2.52. The van der Waals surface area contributed by atoms with Crippen molar-refractivity contribution in [1.29, 1.82) is 5.26 Å². The predicted octanol–water partition coefficient (Wildman–Crippen LogP) is 3.43. The van der Waals surface area contributed by atoms with E-state index in [1.54, 1.807) is 55.5 Å². The molecule has 7 nitrogen and oxygen atoms in total. The lowest BCUT2D eigenvalue weighted by Gasteiger charge is -2.37. The standard InChI is InChI=1S/C22H21N3O4S/c1-3-25-17-11-7-5-9-14(17)20-21(30(25,26)27)19(16(13-23)22(24)29-20)15-10-6-8-12-18(15)28-4-2/h5-12,19H,3-4,24H2,1-2H3/t19-/m1/s1. The molecule has 8 heteroatoms. The fourth-order valence-corrected chi connectivity index (χ4v) is 5.89. The van der Waals surface area contributed by atoms with Crippen LogP contribution in [0, 0.1) is 11.3 Å². The van der Waals surface area contributed by atoms with Crippen LogP contribution in [0.25, 0.3) is 5.76 Å². The molecule has 2 N–H and O–H groups in total. The number of hydrogen-bond donors (Lipinski definition) is 1. The minimum atomic E-state index is -3.99. The fraction of sp³-hybridized carbons (Fsp3) is 0.227. The van der Waals surface area contributed by atoms with Crippen LogP contribution < -0.4 is 14.8 Å². The number of allylic oxidation sites excluding steroid dienone is 2. The maximum absolute atomic E-state index is 13.7. The van der Waals surface area contributed by atoms with Crippen molar-refractivity contribution in [3.05, 3.63) is 76.0 Å². The molecular formula is C22H21N3O4S. The predicted molar refractivity (Wildman–Crippen MR) is 114 cm³/mol. The van der Waals surface area contributed by atoms with Crippen LogP contribution in [-0.2, 0) is 14.8 Å².